The Bertz CT molecular complexity index is 609. The van der Waals surface area contributed by atoms with Crippen molar-refractivity contribution in [2.45, 2.75) is 33.2 Å². The lowest BCUT2D eigenvalue weighted by Gasteiger charge is -2.38. The van der Waals surface area contributed by atoms with Gasteiger partial charge in [0.1, 0.15) is 0 Å². The Kier molecular flexibility index (Phi) is 3.38. The van der Waals surface area contributed by atoms with Gasteiger partial charge in [-0.2, -0.15) is 0 Å². The van der Waals surface area contributed by atoms with Gasteiger partial charge in [-0.25, -0.2) is 0 Å². The molecule has 1 fully saturated rings. The average molecular weight is 269 g/mol. The first-order valence-corrected chi connectivity index (χ1v) is 7.43. The average Bonchev–Trinajstić information content (AvgIpc) is 2.46. The van der Waals surface area contributed by atoms with E-state index in [1.165, 1.54) is 23.9 Å². The number of para-hydroxylation sites is 1. The van der Waals surface area contributed by atoms with Gasteiger partial charge in [0.25, 0.3) is 0 Å². The minimum Gasteiger partial charge on any atom is -0.371 e. The molecule has 1 aliphatic heterocycles. The fourth-order valence-corrected chi connectivity index (χ4v) is 2.93. The normalized spacial score (nSPS) is 18.4. The highest BCUT2D eigenvalue weighted by Crippen LogP contribution is 2.35. The van der Waals surface area contributed by atoms with E-state index in [0.717, 1.165) is 24.3 Å². The summed E-state index contributed by atoms with van der Waals surface area (Å²) in [4.78, 5) is 7.12. The molecule has 2 N–H and O–H groups in total. The number of hydrogen-bond donors (Lipinski definition) is 1. The van der Waals surface area contributed by atoms with E-state index < -0.39 is 0 Å². The summed E-state index contributed by atoms with van der Waals surface area (Å²) in [5, 5.41) is 1.24. The van der Waals surface area contributed by atoms with Crippen molar-refractivity contribution in [1.82, 2.24) is 4.98 Å². The van der Waals surface area contributed by atoms with Gasteiger partial charge in [0, 0.05) is 30.7 Å². The molecule has 1 saturated heterocycles. The van der Waals surface area contributed by atoms with Gasteiger partial charge >= 0.3 is 0 Å². The highest BCUT2D eigenvalue weighted by atomic mass is 15.1. The van der Waals surface area contributed by atoms with Crippen LogP contribution < -0.4 is 10.6 Å². The quantitative estimate of drug-likeness (QED) is 0.909. The smallest absolute Gasteiger partial charge is 0.0726 e. The van der Waals surface area contributed by atoms with Crippen molar-refractivity contribution in [2.75, 3.05) is 18.0 Å². The Balaban J connectivity index is 2.02. The van der Waals surface area contributed by atoms with Crippen molar-refractivity contribution in [1.29, 1.82) is 0 Å². The van der Waals surface area contributed by atoms with Crippen LogP contribution in [-0.4, -0.2) is 18.1 Å². The van der Waals surface area contributed by atoms with Crippen molar-refractivity contribution in [3.8, 4) is 0 Å². The Morgan fingerprint density at radius 3 is 2.60 bits per heavy atom. The van der Waals surface area contributed by atoms with Gasteiger partial charge < -0.3 is 10.6 Å². The molecule has 0 saturated carbocycles. The van der Waals surface area contributed by atoms with Crippen molar-refractivity contribution < 1.29 is 0 Å². The van der Waals surface area contributed by atoms with Crippen molar-refractivity contribution in [3.63, 3.8) is 0 Å². The number of pyridine rings is 1. The van der Waals surface area contributed by atoms with Crippen LogP contribution in [0.3, 0.4) is 0 Å². The van der Waals surface area contributed by atoms with E-state index in [0.29, 0.717) is 12.0 Å². The van der Waals surface area contributed by atoms with Crippen LogP contribution in [-0.2, 0) is 6.54 Å². The summed E-state index contributed by atoms with van der Waals surface area (Å²) in [5.41, 5.74) is 9.59. The third kappa shape index (κ3) is 2.50. The molecule has 0 radical (unpaired) electrons. The molecule has 1 aromatic heterocycles. The minimum absolute atomic E-state index is 0.468. The van der Waals surface area contributed by atoms with Gasteiger partial charge in [-0.05, 0) is 30.4 Å². The third-order valence-corrected chi connectivity index (χ3v) is 4.41. The monoisotopic (exact) mass is 269 g/mol. The largest absolute Gasteiger partial charge is 0.371 e. The van der Waals surface area contributed by atoms with Crippen LogP contribution >= 0.6 is 0 Å². The first-order valence-electron chi connectivity index (χ1n) is 7.43. The fraction of sp³-hybridized carbons (Fsp3) is 0.471. The molecule has 0 unspecified atom stereocenters. The zero-order valence-corrected chi connectivity index (χ0v) is 12.4. The highest BCUT2D eigenvalue weighted by Gasteiger charge is 2.26. The molecule has 1 aromatic carbocycles. The Morgan fingerprint density at radius 1 is 1.20 bits per heavy atom. The van der Waals surface area contributed by atoms with Gasteiger partial charge in [0.2, 0.25) is 0 Å². The minimum atomic E-state index is 0.468. The molecule has 3 nitrogen and oxygen atoms in total. The van der Waals surface area contributed by atoms with E-state index in [2.05, 4.69) is 48.0 Å². The number of hydrogen-bond acceptors (Lipinski definition) is 3. The summed E-state index contributed by atoms with van der Waals surface area (Å²) in [6, 6.07) is 10.5. The zero-order valence-electron chi connectivity index (χ0n) is 12.4. The molecular weight excluding hydrogens is 246 g/mol. The van der Waals surface area contributed by atoms with Crippen LogP contribution in [0, 0.1) is 5.41 Å². The molecule has 106 valence electrons. The SMILES string of the molecule is CC1(C)CCN(c2cc(CN)nc3ccccc23)CC1. The fourth-order valence-electron chi connectivity index (χ4n) is 2.93. The summed E-state index contributed by atoms with van der Waals surface area (Å²) >= 11 is 0. The van der Waals surface area contributed by atoms with Crippen molar-refractivity contribution >= 4 is 16.6 Å². The number of rotatable bonds is 2. The van der Waals surface area contributed by atoms with E-state index in [4.69, 9.17) is 5.73 Å². The Hall–Kier alpha value is -1.61. The van der Waals surface area contributed by atoms with E-state index in [9.17, 15) is 0 Å². The second-order valence-electron chi connectivity index (χ2n) is 6.51. The Morgan fingerprint density at radius 2 is 1.90 bits per heavy atom. The lowest BCUT2D eigenvalue weighted by atomic mass is 9.82. The second kappa shape index (κ2) is 5.06. The molecule has 0 spiro atoms. The number of anilines is 1. The number of piperidine rings is 1. The summed E-state index contributed by atoms with van der Waals surface area (Å²) in [6.07, 6.45) is 2.48. The van der Waals surface area contributed by atoms with E-state index >= 15 is 0 Å². The highest BCUT2D eigenvalue weighted by molar-refractivity contribution is 5.92. The van der Waals surface area contributed by atoms with Crippen molar-refractivity contribution in [2.24, 2.45) is 11.1 Å². The molecule has 3 rings (SSSR count). The molecule has 20 heavy (non-hydrogen) atoms. The molecule has 0 bridgehead atoms. The third-order valence-electron chi connectivity index (χ3n) is 4.41. The van der Waals surface area contributed by atoms with Crippen LogP contribution in [0.2, 0.25) is 0 Å². The van der Waals surface area contributed by atoms with Gasteiger partial charge in [-0.3, -0.25) is 4.98 Å². The van der Waals surface area contributed by atoms with E-state index in [-0.39, 0.29) is 0 Å². The maximum atomic E-state index is 5.80. The summed E-state index contributed by atoms with van der Waals surface area (Å²) in [7, 11) is 0. The van der Waals surface area contributed by atoms with Crippen LogP contribution in [0.4, 0.5) is 5.69 Å². The van der Waals surface area contributed by atoms with Gasteiger partial charge in [-0.15, -0.1) is 0 Å². The topological polar surface area (TPSA) is 42.1 Å². The van der Waals surface area contributed by atoms with E-state index in [1.54, 1.807) is 0 Å². The maximum Gasteiger partial charge on any atom is 0.0726 e. The first kappa shape index (κ1) is 13.4. The number of nitrogens with two attached hydrogens (primary N) is 1. The molecule has 0 amide bonds. The molecule has 2 aromatic rings. The van der Waals surface area contributed by atoms with Crippen LogP contribution in [0.1, 0.15) is 32.4 Å². The van der Waals surface area contributed by atoms with E-state index in [1.807, 2.05) is 6.07 Å². The summed E-state index contributed by atoms with van der Waals surface area (Å²) in [5.74, 6) is 0. The van der Waals surface area contributed by atoms with Crippen LogP contribution in [0.5, 0.6) is 0 Å². The molecular formula is C17H23N3. The number of fused-ring (bicyclic) bond motifs is 1. The van der Waals surface area contributed by atoms with Gasteiger partial charge in [0.15, 0.2) is 0 Å². The molecule has 0 aliphatic carbocycles. The summed E-state index contributed by atoms with van der Waals surface area (Å²) < 4.78 is 0. The second-order valence-corrected chi connectivity index (χ2v) is 6.51. The van der Waals surface area contributed by atoms with Crippen molar-refractivity contribution in [3.05, 3.63) is 36.0 Å². The van der Waals surface area contributed by atoms with Gasteiger partial charge in [0.05, 0.1) is 11.2 Å². The molecule has 1 aliphatic rings. The van der Waals surface area contributed by atoms with Gasteiger partial charge in [-0.1, -0.05) is 32.0 Å². The lowest BCUT2D eigenvalue weighted by Crippen LogP contribution is -2.37. The number of aromatic nitrogens is 1. The Labute approximate surface area is 120 Å². The number of nitrogens with zero attached hydrogens (tertiary/aromatic N) is 2. The lowest BCUT2D eigenvalue weighted by molar-refractivity contribution is 0.280. The van der Waals surface area contributed by atoms with Crippen LogP contribution in [0.15, 0.2) is 30.3 Å². The molecule has 3 heteroatoms. The predicted octanol–water partition coefficient (Wildman–Crippen LogP) is 3.32. The maximum absolute atomic E-state index is 5.80. The predicted molar refractivity (Wildman–Crippen MR) is 84.9 cm³/mol. The summed E-state index contributed by atoms with van der Waals surface area (Å²) in [6.45, 7) is 7.45. The molecule has 2 heterocycles. The standard InChI is InChI=1S/C17H23N3/c1-17(2)7-9-20(10-8-17)16-11-13(12-18)19-15-6-4-3-5-14(15)16/h3-6,11H,7-10,12,18H2,1-2H3. The first-order chi connectivity index (χ1) is 9.59. The molecule has 0 atom stereocenters. The van der Waals surface area contributed by atoms with Crippen LogP contribution in [0.25, 0.3) is 10.9 Å². The number of benzene rings is 1. The zero-order chi connectivity index (χ0) is 14.2.